The van der Waals surface area contributed by atoms with Crippen LogP contribution in [0.4, 0.5) is 11.5 Å². The number of hydrogen-bond acceptors (Lipinski definition) is 5. The van der Waals surface area contributed by atoms with Crippen LogP contribution in [0.2, 0.25) is 0 Å². The fourth-order valence-electron chi connectivity index (χ4n) is 2.69. The third-order valence-electron chi connectivity index (χ3n) is 3.78. The Morgan fingerprint density at radius 2 is 1.70 bits per heavy atom. The molecule has 0 radical (unpaired) electrons. The number of anilines is 2. The van der Waals surface area contributed by atoms with Gasteiger partial charge in [-0.25, -0.2) is 9.97 Å². The van der Waals surface area contributed by atoms with Crippen LogP contribution < -0.4 is 10.6 Å². The van der Waals surface area contributed by atoms with Crippen molar-refractivity contribution in [1.29, 1.82) is 0 Å². The van der Waals surface area contributed by atoms with Crippen molar-refractivity contribution in [3.05, 3.63) is 60.2 Å². The second-order valence-electron chi connectivity index (χ2n) is 5.24. The Bertz CT molecular complexity index is 942. The quantitative estimate of drug-likeness (QED) is 0.536. The molecule has 0 unspecified atom stereocenters. The molecule has 0 saturated heterocycles. The van der Waals surface area contributed by atoms with Crippen molar-refractivity contribution in [2.24, 2.45) is 0 Å². The van der Waals surface area contributed by atoms with Gasteiger partial charge in [-0.05, 0) is 22.9 Å². The average molecular weight is 320 g/mol. The molecule has 0 aliphatic carbocycles. The number of fused-ring (bicyclic) bond motifs is 2. The van der Waals surface area contributed by atoms with Crippen LogP contribution in [0.3, 0.4) is 0 Å². The summed E-state index contributed by atoms with van der Waals surface area (Å²) in [7, 11) is 0. The van der Waals surface area contributed by atoms with E-state index in [2.05, 4.69) is 69.1 Å². The summed E-state index contributed by atoms with van der Waals surface area (Å²) in [5, 5.41) is 12.5. The van der Waals surface area contributed by atoms with Crippen molar-refractivity contribution in [1.82, 2.24) is 9.97 Å². The summed E-state index contributed by atoms with van der Waals surface area (Å²) in [4.78, 5) is 9.61. The molecule has 0 aliphatic rings. The van der Waals surface area contributed by atoms with Crippen LogP contribution in [0.1, 0.15) is 0 Å². The standard InChI is InChI=1S/C18H16N4S/c1-2-6-14-13(4-1)5-3-7-16(14)19-9-10-20-17-15-8-11-23-18(15)22-12-21-17/h1-8,11-12,19H,9-10H2,(H,20,21,22). The first-order valence-electron chi connectivity index (χ1n) is 7.55. The van der Waals surface area contributed by atoms with Crippen LogP contribution in [-0.2, 0) is 0 Å². The van der Waals surface area contributed by atoms with Gasteiger partial charge in [0, 0.05) is 24.2 Å². The first kappa shape index (κ1) is 14.0. The Morgan fingerprint density at radius 3 is 2.70 bits per heavy atom. The van der Waals surface area contributed by atoms with Crippen molar-refractivity contribution < 1.29 is 0 Å². The minimum absolute atomic E-state index is 0.797. The fraction of sp³-hybridized carbons (Fsp3) is 0.111. The Hall–Kier alpha value is -2.66. The minimum Gasteiger partial charge on any atom is -0.383 e. The number of benzene rings is 2. The molecule has 4 rings (SSSR count). The lowest BCUT2D eigenvalue weighted by Crippen LogP contribution is -2.14. The SMILES string of the molecule is c1ccc2c(NCCNc3ncnc4sccc34)cccc2c1. The van der Waals surface area contributed by atoms with E-state index in [0.29, 0.717) is 0 Å². The summed E-state index contributed by atoms with van der Waals surface area (Å²) in [5.74, 6) is 0.899. The third-order valence-corrected chi connectivity index (χ3v) is 4.61. The predicted octanol–water partition coefficient (Wildman–Crippen LogP) is 4.37. The van der Waals surface area contributed by atoms with E-state index in [0.717, 1.165) is 34.8 Å². The van der Waals surface area contributed by atoms with Crippen molar-refractivity contribution >= 4 is 43.8 Å². The number of nitrogens with one attached hydrogen (secondary N) is 2. The Labute approximate surface area is 138 Å². The highest BCUT2D eigenvalue weighted by Gasteiger charge is 2.04. The van der Waals surface area contributed by atoms with Crippen molar-refractivity contribution in [2.45, 2.75) is 0 Å². The van der Waals surface area contributed by atoms with Gasteiger partial charge in [-0.15, -0.1) is 11.3 Å². The van der Waals surface area contributed by atoms with Gasteiger partial charge in [-0.3, -0.25) is 0 Å². The molecular weight excluding hydrogens is 304 g/mol. The molecule has 0 atom stereocenters. The molecule has 0 bridgehead atoms. The van der Waals surface area contributed by atoms with Crippen molar-refractivity contribution in [3.8, 4) is 0 Å². The zero-order valence-electron chi connectivity index (χ0n) is 12.5. The fourth-order valence-corrected chi connectivity index (χ4v) is 3.42. The lowest BCUT2D eigenvalue weighted by atomic mass is 10.1. The molecule has 0 fully saturated rings. The number of thiophene rings is 1. The minimum atomic E-state index is 0.797. The normalized spacial score (nSPS) is 11.0. The first-order valence-corrected chi connectivity index (χ1v) is 8.43. The van der Waals surface area contributed by atoms with Gasteiger partial charge in [0.15, 0.2) is 0 Å². The van der Waals surface area contributed by atoms with Gasteiger partial charge in [0.25, 0.3) is 0 Å². The summed E-state index contributed by atoms with van der Waals surface area (Å²) < 4.78 is 0. The van der Waals surface area contributed by atoms with Crippen LogP contribution in [0.5, 0.6) is 0 Å². The van der Waals surface area contributed by atoms with E-state index >= 15 is 0 Å². The lowest BCUT2D eigenvalue weighted by molar-refractivity contribution is 1.06. The molecule has 2 aromatic carbocycles. The van der Waals surface area contributed by atoms with Crippen LogP contribution in [-0.4, -0.2) is 23.1 Å². The third kappa shape index (κ3) is 2.83. The zero-order chi connectivity index (χ0) is 15.5. The van der Waals surface area contributed by atoms with Crippen LogP contribution in [0, 0.1) is 0 Å². The maximum Gasteiger partial charge on any atom is 0.138 e. The van der Waals surface area contributed by atoms with E-state index < -0.39 is 0 Å². The molecule has 0 spiro atoms. The van der Waals surface area contributed by atoms with Gasteiger partial charge in [-0.1, -0.05) is 36.4 Å². The summed E-state index contributed by atoms with van der Waals surface area (Å²) in [5.41, 5.74) is 1.16. The molecule has 2 N–H and O–H groups in total. The van der Waals surface area contributed by atoms with Crippen molar-refractivity contribution in [2.75, 3.05) is 23.7 Å². The number of nitrogens with zero attached hydrogens (tertiary/aromatic N) is 2. The second kappa shape index (κ2) is 6.22. The lowest BCUT2D eigenvalue weighted by Gasteiger charge is -2.11. The predicted molar refractivity (Wildman–Crippen MR) is 98.3 cm³/mol. The average Bonchev–Trinajstić information content (AvgIpc) is 3.08. The van der Waals surface area contributed by atoms with E-state index in [1.54, 1.807) is 17.7 Å². The number of rotatable bonds is 5. The number of hydrogen-bond donors (Lipinski definition) is 2. The highest BCUT2D eigenvalue weighted by atomic mass is 32.1. The highest BCUT2D eigenvalue weighted by Crippen LogP contribution is 2.24. The second-order valence-corrected chi connectivity index (χ2v) is 6.14. The Kier molecular flexibility index (Phi) is 3.78. The van der Waals surface area contributed by atoms with Gasteiger partial charge in [0.05, 0.1) is 5.39 Å². The first-order chi connectivity index (χ1) is 11.4. The molecule has 0 amide bonds. The monoisotopic (exact) mass is 320 g/mol. The van der Waals surface area contributed by atoms with E-state index in [-0.39, 0.29) is 0 Å². The van der Waals surface area contributed by atoms with Crippen LogP contribution in [0.15, 0.2) is 60.2 Å². The van der Waals surface area contributed by atoms with Crippen LogP contribution in [0.25, 0.3) is 21.0 Å². The van der Waals surface area contributed by atoms with Crippen molar-refractivity contribution in [3.63, 3.8) is 0 Å². The number of aromatic nitrogens is 2. The molecule has 114 valence electrons. The van der Waals surface area contributed by atoms with Gasteiger partial charge < -0.3 is 10.6 Å². The molecule has 5 heteroatoms. The van der Waals surface area contributed by atoms with E-state index in [4.69, 9.17) is 0 Å². The Morgan fingerprint density at radius 1 is 0.826 bits per heavy atom. The maximum atomic E-state index is 4.33. The Balaban J connectivity index is 1.43. The molecule has 4 nitrogen and oxygen atoms in total. The summed E-state index contributed by atoms with van der Waals surface area (Å²) >= 11 is 1.63. The van der Waals surface area contributed by atoms with Gasteiger partial charge >= 0.3 is 0 Å². The van der Waals surface area contributed by atoms with E-state index in [1.807, 2.05) is 5.38 Å². The molecule has 4 aromatic rings. The zero-order valence-corrected chi connectivity index (χ0v) is 13.3. The van der Waals surface area contributed by atoms with Gasteiger partial charge in [0.1, 0.15) is 17.0 Å². The summed E-state index contributed by atoms with van der Waals surface area (Å²) in [6, 6.07) is 16.8. The van der Waals surface area contributed by atoms with Crippen LogP contribution >= 0.6 is 11.3 Å². The maximum absolute atomic E-state index is 4.33. The molecule has 0 saturated carbocycles. The van der Waals surface area contributed by atoms with Gasteiger partial charge in [0.2, 0.25) is 0 Å². The molecular formula is C18H16N4S. The molecule has 2 aromatic heterocycles. The smallest absolute Gasteiger partial charge is 0.138 e. The van der Waals surface area contributed by atoms with E-state index in [1.165, 1.54) is 10.8 Å². The topological polar surface area (TPSA) is 49.8 Å². The molecule has 23 heavy (non-hydrogen) atoms. The summed E-state index contributed by atoms with van der Waals surface area (Å²) in [6.45, 7) is 1.62. The summed E-state index contributed by atoms with van der Waals surface area (Å²) in [6.07, 6.45) is 1.61. The highest BCUT2D eigenvalue weighted by molar-refractivity contribution is 7.16. The molecule has 2 heterocycles. The van der Waals surface area contributed by atoms with E-state index in [9.17, 15) is 0 Å². The largest absolute Gasteiger partial charge is 0.383 e. The molecule has 0 aliphatic heterocycles. The van der Waals surface area contributed by atoms with Gasteiger partial charge in [-0.2, -0.15) is 0 Å².